The molecule has 2 aromatic heterocycles. The minimum Gasteiger partial charge on any atom is -0.339 e. The number of thioether (sulfide) groups is 1. The van der Waals surface area contributed by atoms with E-state index in [1.54, 1.807) is 0 Å². The summed E-state index contributed by atoms with van der Waals surface area (Å²) in [6, 6.07) is 16.2. The topological polar surface area (TPSA) is 53.7 Å². The second-order valence-corrected chi connectivity index (χ2v) is 9.00. The van der Waals surface area contributed by atoms with Gasteiger partial charge in [-0.1, -0.05) is 43.0 Å². The Kier molecular flexibility index (Phi) is 5.08. The minimum atomic E-state index is -0.212. The molecular formula is C23H25N5OS. The van der Waals surface area contributed by atoms with E-state index in [1.807, 2.05) is 48.2 Å². The van der Waals surface area contributed by atoms with Gasteiger partial charge in [0.1, 0.15) is 5.65 Å². The van der Waals surface area contributed by atoms with E-state index in [0.29, 0.717) is 0 Å². The van der Waals surface area contributed by atoms with Gasteiger partial charge in [-0.2, -0.15) is 0 Å². The Balaban J connectivity index is 1.52. The van der Waals surface area contributed by atoms with Gasteiger partial charge in [0.25, 0.3) is 0 Å². The highest BCUT2D eigenvalue weighted by Gasteiger charge is 2.26. The summed E-state index contributed by atoms with van der Waals surface area (Å²) in [4.78, 5) is 27.3. The normalized spacial score (nSPS) is 16.5. The third-order valence-corrected chi connectivity index (χ3v) is 6.91. The van der Waals surface area contributed by atoms with E-state index < -0.39 is 0 Å². The molecule has 0 bridgehead atoms. The van der Waals surface area contributed by atoms with Crippen LogP contribution in [0.4, 0.5) is 0 Å². The molecule has 154 valence electrons. The van der Waals surface area contributed by atoms with Gasteiger partial charge in [-0.3, -0.25) is 9.20 Å². The van der Waals surface area contributed by atoms with Gasteiger partial charge < -0.3 is 9.80 Å². The zero-order valence-electron chi connectivity index (χ0n) is 17.3. The fourth-order valence-corrected chi connectivity index (χ4v) is 5.15. The molecule has 4 aromatic rings. The summed E-state index contributed by atoms with van der Waals surface area (Å²) in [6.45, 7) is 8.69. The second kappa shape index (κ2) is 7.89. The minimum absolute atomic E-state index is 0.184. The van der Waals surface area contributed by atoms with Crippen LogP contribution in [0.15, 0.2) is 53.7 Å². The molecule has 0 spiro atoms. The lowest BCUT2D eigenvalue weighted by atomic mass is 10.2. The Hall–Kier alpha value is -2.64. The monoisotopic (exact) mass is 419 g/mol. The molecule has 1 saturated heterocycles. The number of carbonyl (C=O) groups is 1. The Labute approximate surface area is 179 Å². The largest absolute Gasteiger partial charge is 0.339 e. The number of aromatic nitrogens is 3. The van der Waals surface area contributed by atoms with E-state index >= 15 is 0 Å². The number of hydrogen-bond donors (Lipinski definition) is 0. The van der Waals surface area contributed by atoms with Gasteiger partial charge in [0, 0.05) is 31.6 Å². The predicted molar refractivity (Wildman–Crippen MR) is 122 cm³/mol. The van der Waals surface area contributed by atoms with Crippen LogP contribution in [0.3, 0.4) is 0 Å². The standard InChI is InChI=1S/C23H25N5OS/c1-3-26-12-14-27(15-13-26)22(29)16(2)30-23-25-18-9-5-4-8-17(18)21-24-19-10-6-7-11-20(19)28(21)23/h4-11,16H,3,12-15H2,1-2H3. The number of hydrogen-bond acceptors (Lipinski definition) is 5. The summed E-state index contributed by atoms with van der Waals surface area (Å²) < 4.78 is 2.10. The zero-order valence-corrected chi connectivity index (χ0v) is 18.1. The maximum Gasteiger partial charge on any atom is 0.235 e. The van der Waals surface area contributed by atoms with Crippen molar-refractivity contribution in [2.75, 3.05) is 32.7 Å². The number of likely N-dealkylation sites (N-methyl/N-ethyl adjacent to an activating group) is 1. The van der Waals surface area contributed by atoms with Crippen LogP contribution in [-0.4, -0.2) is 68.0 Å². The molecule has 1 amide bonds. The number of nitrogens with zero attached hydrogens (tertiary/aromatic N) is 5. The SMILES string of the molecule is CCN1CCN(C(=O)C(C)Sc2nc3ccccc3c3nc4ccccc4n23)CC1. The van der Waals surface area contributed by atoms with Gasteiger partial charge >= 0.3 is 0 Å². The third-order valence-electron chi connectivity index (χ3n) is 5.87. The van der Waals surface area contributed by atoms with Crippen LogP contribution < -0.4 is 0 Å². The van der Waals surface area contributed by atoms with Crippen LogP contribution in [0.5, 0.6) is 0 Å². The van der Waals surface area contributed by atoms with Crippen LogP contribution in [-0.2, 0) is 4.79 Å². The molecule has 5 rings (SSSR count). The number of para-hydroxylation sites is 3. The van der Waals surface area contributed by atoms with Gasteiger partial charge in [-0.15, -0.1) is 0 Å². The number of fused-ring (bicyclic) bond motifs is 5. The van der Waals surface area contributed by atoms with Gasteiger partial charge in [-0.05, 0) is 37.7 Å². The summed E-state index contributed by atoms with van der Waals surface area (Å²) >= 11 is 1.52. The van der Waals surface area contributed by atoms with Crippen molar-refractivity contribution in [1.29, 1.82) is 0 Å². The number of carbonyl (C=O) groups excluding carboxylic acids is 1. The Morgan fingerprint density at radius 1 is 1.00 bits per heavy atom. The van der Waals surface area contributed by atoms with Crippen molar-refractivity contribution >= 4 is 45.3 Å². The van der Waals surface area contributed by atoms with Crippen molar-refractivity contribution in [3.8, 4) is 0 Å². The quantitative estimate of drug-likeness (QED) is 0.373. The van der Waals surface area contributed by atoms with Gasteiger partial charge in [0.2, 0.25) is 5.91 Å². The zero-order chi connectivity index (χ0) is 20.7. The van der Waals surface area contributed by atoms with E-state index in [1.165, 1.54) is 11.8 Å². The van der Waals surface area contributed by atoms with E-state index in [0.717, 1.165) is 65.5 Å². The van der Waals surface area contributed by atoms with Gasteiger partial charge in [-0.25, -0.2) is 9.97 Å². The highest BCUT2D eigenvalue weighted by Crippen LogP contribution is 2.31. The van der Waals surface area contributed by atoms with Crippen molar-refractivity contribution in [3.63, 3.8) is 0 Å². The summed E-state index contributed by atoms with van der Waals surface area (Å²) in [6.07, 6.45) is 0. The molecule has 1 atom stereocenters. The second-order valence-electron chi connectivity index (χ2n) is 7.69. The molecular weight excluding hydrogens is 394 g/mol. The van der Waals surface area contributed by atoms with Gasteiger partial charge in [0.05, 0.1) is 21.8 Å². The molecule has 0 N–H and O–H groups in total. The number of amides is 1. The van der Waals surface area contributed by atoms with E-state index in [2.05, 4.69) is 28.4 Å². The number of rotatable bonds is 4. The first kappa shape index (κ1) is 19.3. The first-order valence-electron chi connectivity index (χ1n) is 10.5. The van der Waals surface area contributed by atoms with Crippen LogP contribution in [0.2, 0.25) is 0 Å². The fraction of sp³-hybridized carbons (Fsp3) is 0.348. The van der Waals surface area contributed by atoms with E-state index in [-0.39, 0.29) is 11.2 Å². The number of piperazine rings is 1. The molecule has 1 aliphatic heterocycles. The molecule has 0 aliphatic carbocycles. The van der Waals surface area contributed by atoms with Crippen LogP contribution >= 0.6 is 11.8 Å². The smallest absolute Gasteiger partial charge is 0.235 e. The molecule has 2 aromatic carbocycles. The van der Waals surface area contributed by atoms with Crippen molar-refractivity contribution in [1.82, 2.24) is 24.2 Å². The molecule has 1 aliphatic rings. The lowest BCUT2D eigenvalue weighted by Gasteiger charge is -2.35. The predicted octanol–water partition coefficient (Wildman–Crippen LogP) is 3.68. The van der Waals surface area contributed by atoms with Crippen molar-refractivity contribution in [3.05, 3.63) is 48.5 Å². The summed E-state index contributed by atoms with van der Waals surface area (Å²) in [5.41, 5.74) is 3.75. The number of benzene rings is 2. The molecule has 6 nitrogen and oxygen atoms in total. The Morgan fingerprint density at radius 3 is 2.47 bits per heavy atom. The lowest BCUT2D eigenvalue weighted by molar-refractivity contribution is -0.132. The average molecular weight is 420 g/mol. The van der Waals surface area contributed by atoms with Crippen molar-refractivity contribution < 1.29 is 4.79 Å². The summed E-state index contributed by atoms with van der Waals surface area (Å²) in [5.74, 6) is 0.184. The lowest BCUT2D eigenvalue weighted by Crippen LogP contribution is -2.50. The van der Waals surface area contributed by atoms with Crippen molar-refractivity contribution in [2.24, 2.45) is 0 Å². The summed E-state index contributed by atoms with van der Waals surface area (Å²) in [7, 11) is 0. The highest BCUT2D eigenvalue weighted by molar-refractivity contribution is 8.00. The highest BCUT2D eigenvalue weighted by atomic mass is 32.2. The van der Waals surface area contributed by atoms with Crippen LogP contribution in [0, 0.1) is 0 Å². The first-order valence-corrected chi connectivity index (χ1v) is 11.4. The maximum atomic E-state index is 13.1. The van der Waals surface area contributed by atoms with E-state index in [9.17, 15) is 4.79 Å². The molecule has 0 radical (unpaired) electrons. The van der Waals surface area contributed by atoms with Crippen molar-refractivity contribution in [2.45, 2.75) is 24.3 Å². The molecule has 0 saturated carbocycles. The summed E-state index contributed by atoms with van der Waals surface area (Å²) in [5, 5.41) is 1.62. The molecule has 1 fully saturated rings. The molecule has 1 unspecified atom stereocenters. The fourth-order valence-electron chi connectivity index (χ4n) is 4.14. The maximum absolute atomic E-state index is 13.1. The third kappa shape index (κ3) is 3.32. The Bertz CT molecular complexity index is 1230. The molecule has 3 heterocycles. The molecule has 7 heteroatoms. The first-order chi connectivity index (χ1) is 14.7. The van der Waals surface area contributed by atoms with Gasteiger partial charge in [0.15, 0.2) is 5.16 Å². The van der Waals surface area contributed by atoms with E-state index in [4.69, 9.17) is 9.97 Å². The van der Waals surface area contributed by atoms with Crippen LogP contribution in [0.1, 0.15) is 13.8 Å². The Morgan fingerprint density at radius 2 is 1.70 bits per heavy atom. The van der Waals surface area contributed by atoms with Crippen LogP contribution in [0.25, 0.3) is 27.6 Å². The molecule has 30 heavy (non-hydrogen) atoms. The average Bonchev–Trinajstić information content (AvgIpc) is 3.19. The number of imidazole rings is 1.